The lowest BCUT2D eigenvalue weighted by atomic mass is 10.0. The summed E-state index contributed by atoms with van der Waals surface area (Å²) in [5.41, 5.74) is 0.0575. The summed E-state index contributed by atoms with van der Waals surface area (Å²) in [6.07, 6.45) is -3.89. The van der Waals surface area contributed by atoms with Crippen LogP contribution < -0.4 is 10.1 Å². The van der Waals surface area contributed by atoms with E-state index in [0.717, 1.165) is 6.42 Å². The van der Waals surface area contributed by atoms with E-state index in [-0.39, 0.29) is 11.3 Å². The molecule has 96 valence electrons. The summed E-state index contributed by atoms with van der Waals surface area (Å²) in [5, 5.41) is 3.03. The summed E-state index contributed by atoms with van der Waals surface area (Å²) >= 11 is 0. The Morgan fingerprint density at radius 1 is 1.18 bits per heavy atom. The third kappa shape index (κ3) is 4.54. The maximum absolute atomic E-state index is 12.2. The van der Waals surface area contributed by atoms with Gasteiger partial charge in [-0.25, -0.2) is 0 Å². The molecule has 2 nitrogen and oxygen atoms in total. The van der Waals surface area contributed by atoms with Crippen molar-refractivity contribution in [3.63, 3.8) is 0 Å². The van der Waals surface area contributed by atoms with Crippen molar-refractivity contribution < 1.29 is 17.9 Å². The molecule has 0 aliphatic carbocycles. The van der Waals surface area contributed by atoms with Gasteiger partial charge in [0.2, 0.25) is 0 Å². The number of halogens is 3. The van der Waals surface area contributed by atoms with E-state index < -0.39 is 6.36 Å². The molecule has 17 heavy (non-hydrogen) atoms. The average Bonchev–Trinajstić information content (AvgIpc) is 2.19. The van der Waals surface area contributed by atoms with Crippen molar-refractivity contribution in [3.05, 3.63) is 24.3 Å². The Morgan fingerprint density at radius 3 is 2.29 bits per heavy atom. The molecular weight excluding hydrogens is 231 g/mol. The minimum absolute atomic E-state index is 0.207. The Kier molecular flexibility index (Phi) is 3.91. The van der Waals surface area contributed by atoms with Crippen molar-refractivity contribution in [1.82, 2.24) is 0 Å². The van der Waals surface area contributed by atoms with Crippen LogP contribution in [0.5, 0.6) is 5.75 Å². The standard InChI is InChI=1S/C12H16F3NO/c1-4-11(2,3)16-9-7-5-6-8-10(9)17-12(13,14)15/h5-8,16H,4H2,1-3H3. The topological polar surface area (TPSA) is 21.3 Å². The zero-order valence-electron chi connectivity index (χ0n) is 10.1. The molecule has 0 aliphatic heterocycles. The first-order valence-corrected chi connectivity index (χ1v) is 5.36. The molecule has 0 amide bonds. The number of hydrogen-bond acceptors (Lipinski definition) is 2. The first-order chi connectivity index (χ1) is 7.73. The van der Waals surface area contributed by atoms with E-state index in [1.165, 1.54) is 12.1 Å². The molecule has 0 saturated heterocycles. The maximum atomic E-state index is 12.2. The normalized spacial score (nSPS) is 12.4. The second-order valence-corrected chi connectivity index (χ2v) is 4.41. The van der Waals surface area contributed by atoms with Gasteiger partial charge in [0.25, 0.3) is 0 Å². The number of alkyl halides is 3. The lowest BCUT2D eigenvalue weighted by Crippen LogP contribution is -2.30. The molecule has 0 bridgehead atoms. The molecule has 0 saturated carbocycles. The maximum Gasteiger partial charge on any atom is 0.573 e. The number of benzene rings is 1. The number of para-hydroxylation sites is 2. The Morgan fingerprint density at radius 2 is 1.76 bits per heavy atom. The highest BCUT2D eigenvalue weighted by Crippen LogP contribution is 2.32. The van der Waals surface area contributed by atoms with Crippen molar-refractivity contribution in [1.29, 1.82) is 0 Å². The summed E-state index contributed by atoms with van der Waals surface area (Å²) < 4.78 is 40.5. The highest BCUT2D eigenvalue weighted by molar-refractivity contribution is 5.57. The second-order valence-electron chi connectivity index (χ2n) is 4.41. The van der Waals surface area contributed by atoms with Gasteiger partial charge in [0.1, 0.15) is 0 Å². The molecule has 5 heteroatoms. The lowest BCUT2D eigenvalue weighted by Gasteiger charge is -2.27. The summed E-state index contributed by atoms with van der Waals surface area (Å²) in [4.78, 5) is 0. The number of anilines is 1. The molecule has 0 aliphatic rings. The third-order valence-corrected chi connectivity index (χ3v) is 2.47. The zero-order chi connectivity index (χ0) is 13.1. The van der Waals surface area contributed by atoms with Gasteiger partial charge in [-0.15, -0.1) is 13.2 Å². The molecule has 0 spiro atoms. The fourth-order valence-electron chi connectivity index (χ4n) is 1.24. The van der Waals surface area contributed by atoms with E-state index in [9.17, 15) is 13.2 Å². The van der Waals surface area contributed by atoms with Gasteiger partial charge in [-0.2, -0.15) is 0 Å². The van der Waals surface area contributed by atoms with Crippen LogP contribution in [0.2, 0.25) is 0 Å². The molecule has 0 atom stereocenters. The van der Waals surface area contributed by atoms with Crippen molar-refractivity contribution in [2.24, 2.45) is 0 Å². The van der Waals surface area contributed by atoms with Crippen molar-refractivity contribution in [2.75, 3.05) is 5.32 Å². The smallest absolute Gasteiger partial charge is 0.404 e. The minimum Gasteiger partial charge on any atom is -0.404 e. The van der Waals surface area contributed by atoms with E-state index in [1.807, 2.05) is 20.8 Å². The van der Waals surface area contributed by atoms with Gasteiger partial charge >= 0.3 is 6.36 Å². The summed E-state index contributed by atoms with van der Waals surface area (Å²) in [6.45, 7) is 5.79. The average molecular weight is 247 g/mol. The van der Waals surface area contributed by atoms with E-state index in [2.05, 4.69) is 10.1 Å². The molecule has 0 fully saturated rings. The van der Waals surface area contributed by atoms with Crippen LogP contribution in [-0.4, -0.2) is 11.9 Å². The zero-order valence-corrected chi connectivity index (χ0v) is 10.1. The molecule has 1 N–H and O–H groups in total. The van der Waals surface area contributed by atoms with E-state index in [1.54, 1.807) is 12.1 Å². The first-order valence-electron chi connectivity index (χ1n) is 5.36. The molecule has 0 aromatic heterocycles. The fraction of sp³-hybridized carbons (Fsp3) is 0.500. The van der Waals surface area contributed by atoms with Gasteiger partial charge in [0.15, 0.2) is 5.75 Å². The van der Waals surface area contributed by atoms with Crippen molar-refractivity contribution in [3.8, 4) is 5.75 Å². The quantitative estimate of drug-likeness (QED) is 0.861. The Bertz CT molecular complexity index is 374. The van der Waals surface area contributed by atoms with Crippen molar-refractivity contribution >= 4 is 5.69 Å². The van der Waals surface area contributed by atoms with Gasteiger partial charge in [0, 0.05) is 5.54 Å². The van der Waals surface area contributed by atoms with E-state index in [0.29, 0.717) is 5.69 Å². The number of nitrogens with one attached hydrogen (secondary N) is 1. The molecule has 1 aromatic carbocycles. The van der Waals surface area contributed by atoms with Gasteiger partial charge in [-0.05, 0) is 32.4 Å². The fourth-order valence-corrected chi connectivity index (χ4v) is 1.24. The molecule has 0 radical (unpaired) electrons. The van der Waals surface area contributed by atoms with E-state index in [4.69, 9.17) is 0 Å². The predicted octanol–water partition coefficient (Wildman–Crippen LogP) is 4.19. The van der Waals surface area contributed by atoms with Gasteiger partial charge in [-0.1, -0.05) is 19.1 Å². The van der Waals surface area contributed by atoms with Crippen LogP contribution in [0.4, 0.5) is 18.9 Å². The predicted molar refractivity (Wildman–Crippen MR) is 61.1 cm³/mol. The van der Waals surface area contributed by atoms with Gasteiger partial charge < -0.3 is 10.1 Å². The van der Waals surface area contributed by atoms with Crippen LogP contribution in [0.25, 0.3) is 0 Å². The van der Waals surface area contributed by atoms with Crippen LogP contribution in [0, 0.1) is 0 Å². The van der Waals surface area contributed by atoms with Crippen LogP contribution in [-0.2, 0) is 0 Å². The van der Waals surface area contributed by atoms with Crippen LogP contribution in [0.15, 0.2) is 24.3 Å². The molecule has 1 rings (SSSR count). The molecule has 0 heterocycles. The number of rotatable bonds is 4. The minimum atomic E-state index is -4.67. The van der Waals surface area contributed by atoms with Gasteiger partial charge in [0.05, 0.1) is 5.69 Å². The van der Waals surface area contributed by atoms with Crippen molar-refractivity contribution in [2.45, 2.75) is 39.1 Å². The van der Waals surface area contributed by atoms with E-state index >= 15 is 0 Å². The van der Waals surface area contributed by atoms with Crippen LogP contribution in [0.1, 0.15) is 27.2 Å². The third-order valence-electron chi connectivity index (χ3n) is 2.47. The molecular formula is C12H16F3NO. The summed E-state index contributed by atoms with van der Waals surface area (Å²) in [5.74, 6) is -0.207. The lowest BCUT2D eigenvalue weighted by molar-refractivity contribution is -0.274. The molecule has 1 aromatic rings. The number of ether oxygens (including phenoxy) is 1. The summed E-state index contributed by atoms with van der Waals surface area (Å²) in [7, 11) is 0. The Labute approximate surface area is 98.8 Å². The largest absolute Gasteiger partial charge is 0.573 e. The molecule has 0 unspecified atom stereocenters. The SMILES string of the molecule is CCC(C)(C)Nc1ccccc1OC(F)(F)F. The van der Waals surface area contributed by atoms with Crippen LogP contribution in [0.3, 0.4) is 0 Å². The van der Waals surface area contributed by atoms with Gasteiger partial charge in [-0.3, -0.25) is 0 Å². The monoisotopic (exact) mass is 247 g/mol. The van der Waals surface area contributed by atoms with Crippen LogP contribution >= 0.6 is 0 Å². The second kappa shape index (κ2) is 4.85. The highest BCUT2D eigenvalue weighted by atomic mass is 19.4. The Hall–Kier alpha value is -1.39. The first kappa shape index (κ1) is 13.7. The Balaban J connectivity index is 2.92. The number of hydrogen-bond donors (Lipinski definition) is 1. The summed E-state index contributed by atoms with van der Waals surface area (Å²) in [6, 6.07) is 6.03. The highest BCUT2D eigenvalue weighted by Gasteiger charge is 2.32.